The van der Waals surface area contributed by atoms with Crippen LogP contribution in [-0.4, -0.2) is 25.7 Å². The number of rotatable bonds is 4. The van der Waals surface area contributed by atoms with Gasteiger partial charge in [0.25, 0.3) is 0 Å². The highest BCUT2D eigenvalue weighted by Gasteiger charge is 2.16. The number of hydrogen-bond donors (Lipinski definition) is 2. The Kier molecular flexibility index (Phi) is 5.09. The molecule has 0 bridgehead atoms. The van der Waals surface area contributed by atoms with Crippen LogP contribution in [0.2, 0.25) is 5.02 Å². The number of hydrogen-bond acceptors (Lipinski definition) is 4. The first-order valence-corrected chi connectivity index (χ1v) is 7.05. The van der Waals surface area contributed by atoms with Crippen LogP contribution < -0.4 is 20.5 Å². The second-order valence-electron chi connectivity index (χ2n) is 4.81. The van der Waals surface area contributed by atoms with Gasteiger partial charge in [-0.1, -0.05) is 18.5 Å². The molecule has 0 saturated carbocycles. The van der Waals surface area contributed by atoms with Gasteiger partial charge >= 0.3 is 0 Å². The third kappa shape index (κ3) is 3.55. The number of halogens is 1. The van der Waals surface area contributed by atoms with Gasteiger partial charge in [0.2, 0.25) is 5.91 Å². The molecule has 1 aliphatic rings. The molecule has 0 saturated heterocycles. The molecule has 110 valence electrons. The van der Waals surface area contributed by atoms with E-state index in [1.54, 1.807) is 13.0 Å². The van der Waals surface area contributed by atoms with Gasteiger partial charge in [0.15, 0.2) is 11.5 Å². The Labute approximate surface area is 123 Å². The summed E-state index contributed by atoms with van der Waals surface area (Å²) in [5, 5.41) is 3.33. The van der Waals surface area contributed by atoms with Gasteiger partial charge in [-0.25, -0.2) is 0 Å². The predicted octanol–water partition coefficient (Wildman–Crippen LogP) is 1.71. The lowest BCUT2D eigenvalue weighted by atomic mass is 10.1. The van der Waals surface area contributed by atoms with Crippen LogP contribution in [0.25, 0.3) is 0 Å². The van der Waals surface area contributed by atoms with E-state index in [9.17, 15) is 4.79 Å². The molecule has 1 aliphatic heterocycles. The second-order valence-corrected chi connectivity index (χ2v) is 5.22. The Bertz CT molecular complexity index is 494. The van der Waals surface area contributed by atoms with Crippen LogP contribution in [0.3, 0.4) is 0 Å². The largest absolute Gasteiger partial charge is 0.489 e. The summed E-state index contributed by atoms with van der Waals surface area (Å²) in [4.78, 5) is 11.7. The Morgan fingerprint density at radius 2 is 2.20 bits per heavy atom. The number of fused-ring (bicyclic) bond motifs is 1. The lowest BCUT2D eigenvalue weighted by Gasteiger charge is -2.13. The third-order valence-corrected chi connectivity index (χ3v) is 3.41. The zero-order valence-electron chi connectivity index (χ0n) is 11.4. The Morgan fingerprint density at radius 3 is 2.95 bits per heavy atom. The number of carbonyl (C=O) groups excluding carboxylic acids is 1. The topological polar surface area (TPSA) is 73.6 Å². The number of carbonyl (C=O) groups is 1. The molecule has 6 heteroatoms. The van der Waals surface area contributed by atoms with Crippen molar-refractivity contribution in [3.05, 3.63) is 22.7 Å². The maximum absolute atomic E-state index is 11.7. The fraction of sp³-hybridized carbons (Fsp3) is 0.500. The molecule has 0 radical (unpaired) electrons. The number of nitrogens with two attached hydrogens (primary N) is 1. The van der Waals surface area contributed by atoms with Crippen molar-refractivity contribution in [3.8, 4) is 11.5 Å². The zero-order chi connectivity index (χ0) is 14.5. The van der Waals surface area contributed by atoms with E-state index in [4.69, 9.17) is 26.8 Å². The normalized spacial score (nSPS) is 15.3. The first kappa shape index (κ1) is 14.9. The molecule has 1 unspecified atom stereocenters. The van der Waals surface area contributed by atoms with Gasteiger partial charge in [0, 0.05) is 25.4 Å². The van der Waals surface area contributed by atoms with Crippen molar-refractivity contribution in [2.45, 2.75) is 19.9 Å². The zero-order valence-corrected chi connectivity index (χ0v) is 12.2. The molecule has 1 heterocycles. The standard InChI is InChI=1S/C14H19ClN2O3/c1-9(7-16)14(18)17-8-10-5-11(15)13-12(6-10)19-3-2-4-20-13/h5-6,9H,2-4,7-8,16H2,1H3,(H,17,18). The first-order valence-electron chi connectivity index (χ1n) is 6.67. The number of benzene rings is 1. The molecule has 0 aliphatic carbocycles. The van der Waals surface area contributed by atoms with E-state index in [2.05, 4.69) is 5.32 Å². The maximum atomic E-state index is 11.7. The molecule has 3 N–H and O–H groups in total. The van der Waals surface area contributed by atoms with Gasteiger partial charge in [-0.05, 0) is 17.7 Å². The molecule has 0 aromatic heterocycles. The fourth-order valence-electron chi connectivity index (χ4n) is 1.86. The van der Waals surface area contributed by atoms with Gasteiger partial charge in [0.05, 0.1) is 18.2 Å². The van der Waals surface area contributed by atoms with E-state index in [0.29, 0.717) is 42.8 Å². The van der Waals surface area contributed by atoms with Crippen molar-refractivity contribution in [3.63, 3.8) is 0 Å². The molecule has 5 nitrogen and oxygen atoms in total. The van der Waals surface area contributed by atoms with E-state index in [-0.39, 0.29) is 11.8 Å². The van der Waals surface area contributed by atoms with Crippen LogP contribution in [0.15, 0.2) is 12.1 Å². The highest BCUT2D eigenvalue weighted by molar-refractivity contribution is 6.32. The molecule has 0 fully saturated rings. The lowest BCUT2D eigenvalue weighted by Crippen LogP contribution is -2.32. The van der Waals surface area contributed by atoms with Crippen molar-refractivity contribution in [2.24, 2.45) is 11.7 Å². The Morgan fingerprint density at radius 1 is 1.45 bits per heavy atom. The van der Waals surface area contributed by atoms with Gasteiger partial charge < -0.3 is 20.5 Å². The van der Waals surface area contributed by atoms with Gasteiger partial charge in [-0.15, -0.1) is 0 Å². The quantitative estimate of drug-likeness (QED) is 0.887. The summed E-state index contributed by atoms with van der Waals surface area (Å²) >= 11 is 6.19. The van der Waals surface area contributed by atoms with Gasteiger partial charge in [-0.2, -0.15) is 0 Å². The molecule has 1 atom stereocenters. The molecule has 20 heavy (non-hydrogen) atoms. The molecular formula is C14H19ClN2O3. The van der Waals surface area contributed by atoms with Crippen LogP contribution in [0, 0.1) is 5.92 Å². The first-order chi connectivity index (χ1) is 9.61. The number of amides is 1. The van der Waals surface area contributed by atoms with Gasteiger partial charge in [-0.3, -0.25) is 4.79 Å². The van der Waals surface area contributed by atoms with E-state index in [1.807, 2.05) is 6.07 Å². The molecule has 0 spiro atoms. The van der Waals surface area contributed by atoms with E-state index in [1.165, 1.54) is 0 Å². The summed E-state index contributed by atoms with van der Waals surface area (Å²) < 4.78 is 11.2. The highest BCUT2D eigenvalue weighted by Crippen LogP contribution is 2.37. The average Bonchev–Trinajstić information content (AvgIpc) is 2.69. The molecule has 1 amide bonds. The molecule has 1 aromatic carbocycles. The number of nitrogens with one attached hydrogen (secondary N) is 1. The van der Waals surface area contributed by atoms with Crippen LogP contribution >= 0.6 is 11.6 Å². The van der Waals surface area contributed by atoms with Crippen LogP contribution in [-0.2, 0) is 11.3 Å². The average molecular weight is 299 g/mol. The van der Waals surface area contributed by atoms with Gasteiger partial charge in [0.1, 0.15) is 0 Å². The van der Waals surface area contributed by atoms with Crippen LogP contribution in [0.4, 0.5) is 0 Å². The minimum atomic E-state index is -0.203. The fourth-order valence-corrected chi connectivity index (χ4v) is 2.14. The summed E-state index contributed by atoms with van der Waals surface area (Å²) in [6, 6.07) is 3.63. The summed E-state index contributed by atoms with van der Waals surface area (Å²) in [7, 11) is 0. The Balaban J connectivity index is 2.08. The summed E-state index contributed by atoms with van der Waals surface area (Å²) in [5.74, 6) is 0.933. The second kappa shape index (κ2) is 6.81. The van der Waals surface area contributed by atoms with Crippen molar-refractivity contribution in [2.75, 3.05) is 19.8 Å². The molecule has 2 rings (SSSR count). The SMILES string of the molecule is CC(CN)C(=O)NCc1cc(Cl)c2c(c1)OCCCO2. The lowest BCUT2D eigenvalue weighted by molar-refractivity contribution is -0.124. The van der Waals surface area contributed by atoms with Crippen molar-refractivity contribution in [1.82, 2.24) is 5.32 Å². The van der Waals surface area contributed by atoms with E-state index >= 15 is 0 Å². The van der Waals surface area contributed by atoms with Crippen LogP contribution in [0.5, 0.6) is 11.5 Å². The minimum Gasteiger partial charge on any atom is -0.489 e. The van der Waals surface area contributed by atoms with E-state index < -0.39 is 0 Å². The minimum absolute atomic E-state index is 0.0734. The summed E-state index contributed by atoms with van der Waals surface area (Å²) in [6.45, 7) is 3.70. The van der Waals surface area contributed by atoms with Crippen LogP contribution in [0.1, 0.15) is 18.9 Å². The highest BCUT2D eigenvalue weighted by atomic mass is 35.5. The Hall–Kier alpha value is -1.46. The molecular weight excluding hydrogens is 280 g/mol. The smallest absolute Gasteiger partial charge is 0.224 e. The maximum Gasteiger partial charge on any atom is 0.224 e. The third-order valence-electron chi connectivity index (χ3n) is 3.13. The van der Waals surface area contributed by atoms with Crippen molar-refractivity contribution >= 4 is 17.5 Å². The molecule has 1 aromatic rings. The predicted molar refractivity (Wildman–Crippen MR) is 77.1 cm³/mol. The monoisotopic (exact) mass is 298 g/mol. The van der Waals surface area contributed by atoms with Crippen molar-refractivity contribution in [1.29, 1.82) is 0 Å². The summed E-state index contributed by atoms with van der Waals surface area (Å²) in [6.07, 6.45) is 0.824. The number of ether oxygens (including phenoxy) is 2. The van der Waals surface area contributed by atoms with Crippen molar-refractivity contribution < 1.29 is 14.3 Å². The summed E-state index contributed by atoms with van der Waals surface area (Å²) in [5.41, 5.74) is 6.33. The van der Waals surface area contributed by atoms with E-state index in [0.717, 1.165) is 12.0 Å².